The Morgan fingerprint density at radius 2 is 2.08 bits per heavy atom. The molecule has 1 aliphatic heterocycles. The fourth-order valence-corrected chi connectivity index (χ4v) is 3.28. The zero-order chi connectivity index (χ0) is 18.0. The van der Waals surface area contributed by atoms with Crippen LogP contribution in [-0.2, 0) is 26.4 Å². The number of hydrogen-bond acceptors (Lipinski definition) is 5. The number of nitrogens with zero attached hydrogens (tertiary/aromatic N) is 5. The molecule has 134 valence electrons. The standard InChI is InChI=1S/C18H26N6O/c1-19-18(25)15-9-14-5-7-24(12-13-10-20-23(4)11-13)8-6-16(14)21-17(15)22(2)3/h9-11H,5-8,12H2,1-4H3,(H,19,25). The zero-order valence-corrected chi connectivity index (χ0v) is 15.4. The van der Waals surface area contributed by atoms with Gasteiger partial charge in [0.2, 0.25) is 0 Å². The van der Waals surface area contributed by atoms with Crippen molar-refractivity contribution in [3.05, 3.63) is 40.8 Å². The van der Waals surface area contributed by atoms with Crippen LogP contribution in [0.15, 0.2) is 18.5 Å². The summed E-state index contributed by atoms with van der Waals surface area (Å²) in [5, 5.41) is 6.96. The van der Waals surface area contributed by atoms with Crippen LogP contribution in [0.5, 0.6) is 0 Å². The van der Waals surface area contributed by atoms with Crippen LogP contribution >= 0.6 is 0 Å². The SMILES string of the molecule is CNC(=O)c1cc2c(nc1N(C)C)CCN(Cc1cnn(C)c1)CC2. The van der Waals surface area contributed by atoms with Crippen LogP contribution < -0.4 is 10.2 Å². The van der Waals surface area contributed by atoms with Gasteiger partial charge in [-0.05, 0) is 18.1 Å². The van der Waals surface area contributed by atoms with Crippen LogP contribution in [0.3, 0.4) is 0 Å². The Balaban J connectivity index is 1.82. The van der Waals surface area contributed by atoms with Crippen molar-refractivity contribution in [1.29, 1.82) is 0 Å². The van der Waals surface area contributed by atoms with Crippen molar-refractivity contribution in [1.82, 2.24) is 25.0 Å². The highest BCUT2D eigenvalue weighted by molar-refractivity contribution is 5.99. The van der Waals surface area contributed by atoms with Gasteiger partial charge in [-0.2, -0.15) is 5.10 Å². The molecule has 0 unspecified atom stereocenters. The average molecular weight is 342 g/mol. The summed E-state index contributed by atoms with van der Waals surface area (Å²) in [5.74, 6) is 0.647. The number of fused-ring (bicyclic) bond motifs is 1. The summed E-state index contributed by atoms with van der Waals surface area (Å²) in [6.45, 7) is 2.81. The van der Waals surface area contributed by atoms with Gasteiger partial charge in [-0.25, -0.2) is 4.98 Å². The molecular weight excluding hydrogens is 316 g/mol. The van der Waals surface area contributed by atoms with Gasteiger partial charge in [0.05, 0.1) is 11.8 Å². The number of nitrogens with one attached hydrogen (secondary N) is 1. The number of aryl methyl sites for hydroxylation is 1. The highest BCUT2D eigenvalue weighted by atomic mass is 16.1. The number of aromatic nitrogens is 3. The molecule has 0 radical (unpaired) electrons. The second-order valence-electron chi connectivity index (χ2n) is 6.74. The van der Waals surface area contributed by atoms with E-state index in [1.54, 1.807) is 7.05 Å². The van der Waals surface area contributed by atoms with E-state index in [2.05, 4.69) is 21.5 Å². The minimum atomic E-state index is -0.0875. The highest BCUT2D eigenvalue weighted by Gasteiger charge is 2.21. The zero-order valence-electron chi connectivity index (χ0n) is 15.4. The lowest BCUT2D eigenvalue weighted by atomic mass is 10.0. The van der Waals surface area contributed by atoms with Crippen LogP contribution in [0.1, 0.15) is 27.2 Å². The molecule has 0 bridgehead atoms. The fourth-order valence-electron chi connectivity index (χ4n) is 3.28. The summed E-state index contributed by atoms with van der Waals surface area (Å²) in [4.78, 5) is 21.4. The Bertz CT molecular complexity index is 767. The van der Waals surface area contributed by atoms with E-state index < -0.39 is 0 Å². The molecule has 3 rings (SSSR count). The number of rotatable bonds is 4. The number of carbonyl (C=O) groups excluding carboxylic acids is 1. The van der Waals surface area contributed by atoms with Crippen LogP contribution in [-0.4, -0.2) is 59.8 Å². The molecule has 0 saturated carbocycles. The molecule has 7 nitrogen and oxygen atoms in total. The molecule has 1 aliphatic rings. The summed E-state index contributed by atoms with van der Waals surface area (Å²) in [7, 11) is 7.44. The highest BCUT2D eigenvalue weighted by Crippen LogP contribution is 2.23. The smallest absolute Gasteiger partial charge is 0.254 e. The van der Waals surface area contributed by atoms with Crippen molar-refractivity contribution in [3.63, 3.8) is 0 Å². The largest absolute Gasteiger partial charge is 0.362 e. The molecule has 3 heterocycles. The third-order valence-corrected chi connectivity index (χ3v) is 4.59. The van der Waals surface area contributed by atoms with Crippen molar-refractivity contribution in [2.24, 2.45) is 7.05 Å². The molecule has 0 spiro atoms. The molecule has 1 N–H and O–H groups in total. The maximum Gasteiger partial charge on any atom is 0.254 e. The number of anilines is 1. The number of pyridine rings is 1. The molecule has 2 aromatic rings. The third kappa shape index (κ3) is 3.82. The lowest BCUT2D eigenvalue weighted by Crippen LogP contribution is -2.25. The molecule has 0 saturated heterocycles. The predicted octanol–water partition coefficient (Wildman–Crippen LogP) is 0.842. The Labute approximate surface area is 148 Å². The Hall–Kier alpha value is -2.41. The van der Waals surface area contributed by atoms with Gasteiger partial charge in [0, 0.05) is 71.7 Å². The van der Waals surface area contributed by atoms with E-state index in [0.29, 0.717) is 5.56 Å². The Morgan fingerprint density at radius 3 is 2.72 bits per heavy atom. The van der Waals surface area contributed by atoms with Crippen molar-refractivity contribution < 1.29 is 4.79 Å². The van der Waals surface area contributed by atoms with Gasteiger partial charge in [0.1, 0.15) is 5.82 Å². The number of amides is 1. The summed E-state index contributed by atoms with van der Waals surface area (Å²) in [6.07, 6.45) is 5.78. The van der Waals surface area contributed by atoms with Crippen molar-refractivity contribution in [3.8, 4) is 0 Å². The number of hydrogen-bond donors (Lipinski definition) is 1. The molecule has 0 fully saturated rings. The van der Waals surface area contributed by atoms with E-state index >= 15 is 0 Å². The first-order valence-corrected chi connectivity index (χ1v) is 8.60. The molecule has 0 atom stereocenters. The summed E-state index contributed by atoms with van der Waals surface area (Å²) in [5.41, 5.74) is 4.15. The summed E-state index contributed by atoms with van der Waals surface area (Å²) >= 11 is 0. The summed E-state index contributed by atoms with van der Waals surface area (Å²) < 4.78 is 1.84. The maximum atomic E-state index is 12.2. The quantitative estimate of drug-likeness (QED) is 0.892. The topological polar surface area (TPSA) is 66.3 Å². The van der Waals surface area contributed by atoms with Gasteiger partial charge in [-0.3, -0.25) is 14.4 Å². The van der Waals surface area contributed by atoms with Crippen LogP contribution in [0.25, 0.3) is 0 Å². The van der Waals surface area contributed by atoms with Gasteiger partial charge >= 0.3 is 0 Å². The minimum absolute atomic E-state index is 0.0875. The first-order chi connectivity index (χ1) is 12.0. The first kappa shape index (κ1) is 17.4. The molecule has 2 aromatic heterocycles. The van der Waals surface area contributed by atoms with Gasteiger partial charge in [0.15, 0.2) is 0 Å². The van der Waals surface area contributed by atoms with E-state index in [1.807, 2.05) is 43.0 Å². The molecule has 1 amide bonds. The van der Waals surface area contributed by atoms with Gasteiger partial charge in [-0.15, -0.1) is 0 Å². The first-order valence-electron chi connectivity index (χ1n) is 8.60. The lowest BCUT2D eigenvalue weighted by Gasteiger charge is -2.18. The molecule has 0 aromatic carbocycles. The minimum Gasteiger partial charge on any atom is -0.362 e. The fraction of sp³-hybridized carbons (Fsp3) is 0.500. The second-order valence-corrected chi connectivity index (χ2v) is 6.74. The van der Waals surface area contributed by atoms with E-state index in [9.17, 15) is 4.79 Å². The van der Waals surface area contributed by atoms with Gasteiger partial charge < -0.3 is 10.2 Å². The summed E-state index contributed by atoms with van der Waals surface area (Å²) in [6, 6.07) is 2.02. The van der Waals surface area contributed by atoms with Crippen LogP contribution in [0, 0.1) is 0 Å². The second kappa shape index (κ2) is 7.23. The lowest BCUT2D eigenvalue weighted by molar-refractivity contribution is 0.0963. The van der Waals surface area contributed by atoms with E-state index in [0.717, 1.165) is 44.0 Å². The van der Waals surface area contributed by atoms with Crippen molar-refractivity contribution in [2.75, 3.05) is 39.1 Å². The monoisotopic (exact) mass is 342 g/mol. The molecule has 25 heavy (non-hydrogen) atoms. The average Bonchev–Trinajstić information content (AvgIpc) is 2.90. The van der Waals surface area contributed by atoms with E-state index in [1.165, 1.54) is 11.1 Å². The van der Waals surface area contributed by atoms with Gasteiger partial charge in [-0.1, -0.05) is 0 Å². The van der Waals surface area contributed by atoms with Crippen molar-refractivity contribution >= 4 is 11.7 Å². The van der Waals surface area contributed by atoms with Crippen molar-refractivity contribution in [2.45, 2.75) is 19.4 Å². The normalized spacial score (nSPS) is 14.7. The van der Waals surface area contributed by atoms with E-state index in [-0.39, 0.29) is 5.91 Å². The Kier molecular flexibility index (Phi) is 5.03. The van der Waals surface area contributed by atoms with Crippen LogP contribution in [0.2, 0.25) is 0 Å². The third-order valence-electron chi connectivity index (χ3n) is 4.59. The molecular formula is C18H26N6O. The van der Waals surface area contributed by atoms with Gasteiger partial charge in [0.25, 0.3) is 5.91 Å². The predicted molar refractivity (Wildman–Crippen MR) is 97.8 cm³/mol. The van der Waals surface area contributed by atoms with Crippen LogP contribution in [0.4, 0.5) is 5.82 Å². The molecule has 7 heteroatoms. The molecule has 0 aliphatic carbocycles. The number of carbonyl (C=O) groups is 1. The Morgan fingerprint density at radius 1 is 1.32 bits per heavy atom. The maximum absolute atomic E-state index is 12.2. The van der Waals surface area contributed by atoms with E-state index in [4.69, 9.17) is 4.98 Å².